The van der Waals surface area contributed by atoms with Gasteiger partial charge in [-0.2, -0.15) is 0 Å². The van der Waals surface area contributed by atoms with Gasteiger partial charge in [-0.25, -0.2) is 13.1 Å². The number of hydrogen-bond donors (Lipinski definition) is 2. The Bertz CT molecular complexity index is 402. The smallest absolute Gasteiger partial charge is 0.211 e. The molecule has 2 N–H and O–H groups in total. The molecule has 1 heterocycles. The van der Waals surface area contributed by atoms with Gasteiger partial charge in [-0.15, -0.1) is 0 Å². The molecule has 130 valence electrons. The van der Waals surface area contributed by atoms with Gasteiger partial charge in [0.25, 0.3) is 0 Å². The number of hydrogen-bond acceptors (Lipinski definition) is 4. The van der Waals surface area contributed by atoms with Gasteiger partial charge in [-0.3, -0.25) is 4.90 Å². The number of nitrogens with one attached hydrogen (secondary N) is 2. The molecule has 5 nitrogen and oxygen atoms in total. The highest BCUT2D eigenvalue weighted by molar-refractivity contribution is 7.89. The molecule has 0 aromatic rings. The van der Waals surface area contributed by atoms with Crippen LogP contribution in [0.15, 0.2) is 0 Å². The van der Waals surface area contributed by atoms with Gasteiger partial charge in [-0.05, 0) is 18.8 Å². The maximum Gasteiger partial charge on any atom is 0.211 e. The van der Waals surface area contributed by atoms with Crippen molar-refractivity contribution in [1.82, 2.24) is 14.9 Å². The fraction of sp³-hybridized carbons (Fsp3) is 1.00. The Balaban J connectivity index is 1.91. The molecule has 6 heteroatoms. The molecule has 0 spiro atoms. The van der Waals surface area contributed by atoms with E-state index in [0.29, 0.717) is 19.0 Å². The zero-order valence-electron chi connectivity index (χ0n) is 14.0. The minimum Gasteiger partial charge on any atom is -0.314 e. The Hall–Kier alpha value is -0.170. The number of sulfonamides is 1. The van der Waals surface area contributed by atoms with Crippen molar-refractivity contribution in [2.24, 2.45) is 5.92 Å². The van der Waals surface area contributed by atoms with Gasteiger partial charge in [0, 0.05) is 38.8 Å². The first kappa shape index (κ1) is 18.2. The third-order valence-corrected chi connectivity index (χ3v) is 6.56. The molecule has 22 heavy (non-hydrogen) atoms. The van der Waals surface area contributed by atoms with Crippen LogP contribution in [-0.4, -0.2) is 57.8 Å². The van der Waals surface area contributed by atoms with Crippen LogP contribution in [0.25, 0.3) is 0 Å². The molecule has 1 unspecified atom stereocenters. The summed E-state index contributed by atoms with van der Waals surface area (Å²) in [5, 5.41) is 3.39. The Morgan fingerprint density at radius 3 is 2.50 bits per heavy atom. The van der Waals surface area contributed by atoms with Crippen molar-refractivity contribution in [2.45, 2.75) is 57.9 Å². The van der Waals surface area contributed by atoms with Crippen molar-refractivity contribution in [3.8, 4) is 0 Å². The molecule has 2 rings (SSSR count). The monoisotopic (exact) mass is 331 g/mol. The molecule has 1 aliphatic heterocycles. The maximum absolute atomic E-state index is 12.0. The summed E-state index contributed by atoms with van der Waals surface area (Å²) < 4.78 is 26.8. The highest BCUT2D eigenvalue weighted by Gasteiger charge is 2.26. The first-order valence-electron chi connectivity index (χ1n) is 9.03. The fourth-order valence-corrected chi connectivity index (χ4v) is 4.91. The molecule has 0 amide bonds. The molecule has 1 saturated carbocycles. The second-order valence-corrected chi connectivity index (χ2v) is 8.77. The standard InChI is InChI=1S/C16H33N3O2S/c1-2-12-22(20,21)18-14-16(19-10-8-17-9-11-19)13-15-6-4-3-5-7-15/h15-18H,2-14H2,1H3. The van der Waals surface area contributed by atoms with Gasteiger partial charge in [-0.1, -0.05) is 39.0 Å². The van der Waals surface area contributed by atoms with Gasteiger partial charge in [0.05, 0.1) is 5.75 Å². The third-order valence-electron chi connectivity index (χ3n) is 5.01. The fourth-order valence-electron chi connectivity index (χ4n) is 3.78. The minimum atomic E-state index is -3.10. The molecular weight excluding hydrogens is 298 g/mol. The Morgan fingerprint density at radius 1 is 1.18 bits per heavy atom. The van der Waals surface area contributed by atoms with E-state index in [2.05, 4.69) is 14.9 Å². The Kier molecular flexibility index (Phi) is 7.60. The van der Waals surface area contributed by atoms with E-state index in [9.17, 15) is 8.42 Å². The van der Waals surface area contributed by atoms with E-state index in [1.54, 1.807) is 0 Å². The second kappa shape index (κ2) is 9.21. The predicted molar refractivity (Wildman–Crippen MR) is 91.5 cm³/mol. The van der Waals surface area contributed by atoms with Crippen molar-refractivity contribution in [3.63, 3.8) is 0 Å². The van der Waals surface area contributed by atoms with Crippen LogP contribution in [0.5, 0.6) is 0 Å². The van der Waals surface area contributed by atoms with Crippen LogP contribution in [0.1, 0.15) is 51.9 Å². The summed E-state index contributed by atoms with van der Waals surface area (Å²) in [4.78, 5) is 2.49. The van der Waals surface area contributed by atoms with Gasteiger partial charge < -0.3 is 5.32 Å². The molecule has 2 fully saturated rings. The lowest BCUT2D eigenvalue weighted by molar-refractivity contribution is 0.141. The number of rotatable bonds is 8. The zero-order chi connectivity index (χ0) is 15.8. The van der Waals surface area contributed by atoms with Crippen molar-refractivity contribution in [2.75, 3.05) is 38.5 Å². The summed E-state index contributed by atoms with van der Waals surface area (Å²) >= 11 is 0. The summed E-state index contributed by atoms with van der Waals surface area (Å²) in [6, 6.07) is 0.358. The molecular formula is C16H33N3O2S. The summed E-state index contributed by atoms with van der Waals surface area (Å²) in [5.41, 5.74) is 0. The molecule has 1 atom stereocenters. The molecule has 2 aliphatic rings. The van der Waals surface area contributed by atoms with Crippen LogP contribution in [0.3, 0.4) is 0 Å². The van der Waals surface area contributed by atoms with Gasteiger partial charge in [0.2, 0.25) is 10.0 Å². The van der Waals surface area contributed by atoms with Crippen molar-refractivity contribution < 1.29 is 8.42 Å². The van der Waals surface area contributed by atoms with Gasteiger partial charge >= 0.3 is 0 Å². The zero-order valence-corrected chi connectivity index (χ0v) is 14.8. The number of nitrogens with zero attached hydrogens (tertiary/aromatic N) is 1. The van der Waals surface area contributed by atoms with Crippen LogP contribution < -0.4 is 10.0 Å². The lowest BCUT2D eigenvalue weighted by Crippen LogP contribution is -2.52. The number of piperazine rings is 1. The van der Waals surface area contributed by atoms with Crippen LogP contribution in [0.4, 0.5) is 0 Å². The normalized spacial score (nSPS) is 23.5. The first-order valence-corrected chi connectivity index (χ1v) is 10.7. The highest BCUT2D eigenvalue weighted by Crippen LogP contribution is 2.28. The Labute approximate surface area is 136 Å². The second-order valence-electron chi connectivity index (χ2n) is 6.85. The molecule has 0 radical (unpaired) electrons. The molecule has 0 aromatic carbocycles. The molecule has 0 aromatic heterocycles. The SMILES string of the molecule is CCCS(=O)(=O)NCC(CC1CCCCC1)N1CCNCC1. The predicted octanol–water partition coefficient (Wildman–Crippen LogP) is 1.56. The quantitative estimate of drug-likeness (QED) is 0.709. The topological polar surface area (TPSA) is 61.4 Å². The minimum absolute atomic E-state index is 0.241. The third kappa shape index (κ3) is 6.14. The molecule has 1 aliphatic carbocycles. The van der Waals surface area contributed by atoms with E-state index in [-0.39, 0.29) is 5.75 Å². The molecule has 0 bridgehead atoms. The van der Waals surface area contributed by atoms with Crippen molar-refractivity contribution in [3.05, 3.63) is 0 Å². The molecule has 1 saturated heterocycles. The van der Waals surface area contributed by atoms with E-state index in [4.69, 9.17) is 0 Å². The maximum atomic E-state index is 12.0. The Morgan fingerprint density at radius 2 is 1.86 bits per heavy atom. The highest BCUT2D eigenvalue weighted by atomic mass is 32.2. The largest absolute Gasteiger partial charge is 0.314 e. The van der Waals surface area contributed by atoms with Crippen molar-refractivity contribution in [1.29, 1.82) is 0 Å². The average Bonchev–Trinajstić information content (AvgIpc) is 2.53. The van der Waals surface area contributed by atoms with Gasteiger partial charge in [0.1, 0.15) is 0 Å². The van der Waals surface area contributed by atoms with E-state index in [0.717, 1.165) is 38.5 Å². The van der Waals surface area contributed by atoms with Crippen LogP contribution in [0, 0.1) is 5.92 Å². The van der Waals surface area contributed by atoms with Crippen LogP contribution >= 0.6 is 0 Å². The summed E-state index contributed by atoms with van der Waals surface area (Å²) in [7, 11) is -3.10. The lowest BCUT2D eigenvalue weighted by Gasteiger charge is -2.37. The lowest BCUT2D eigenvalue weighted by atomic mass is 9.84. The van der Waals surface area contributed by atoms with E-state index < -0.39 is 10.0 Å². The van der Waals surface area contributed by atoms with Crippen LogP contribution in [0.2, 0.25) is 0 Å². The first-order chi connectivity index (χ1) is 10.6. The summed E-state index contributed by atoms with van der Waals surface area (Å²) in [5.74, 6) is 1.02. The van der Waals surface area contributed by atoms with E-state index in [1.807, 2.05) is 6.92 Å². The average molecular weight is 332 g/mol. The van der Waals surface area contributed by atoms with Crippen molar-refractivity contribution >= 4 is 10.0 Å². The summed E-state index contributed by atoms with van der Waals surface area (Å²) in [6.45, 7) is 6.60. The van der Waals surface area contributed by atoms with E-state index >= 15 is 0 Å². The summed E-state index contributed by atoms with van der Waals surface area (Å²) in [6.07, 6.45) is 8.54. The van der Waals surface area contributed by atoms with Gasteiger partial charge in [0.15, 0.2) is 0 Å². The van der Waals surface area contributed by atoms with Crippen LogP contribution in [-0.2, 0) is 10.0 Å². The van der Waals surface area contributed by atoms with E-state index in [1.165, 1.54) is 32.1 Å².